The Morgan fingerprint density at radius 2 is 1.61 bits per heavy atom. The van der Waals surface area contributed by atoms with Crippen molar-refractivity contribution in [2.24, 2.45) is 0 Å². The zero-order valence-corrected chi connectivity index (χ0v) is 16.3. The summed E-state index contributed by atoms with van der Waals surface area (Å²) >= 11 is 0. The van der Waals surface area contributed by atoms with E-state index in [1.165, 1.54) is 0 Å². The molecule has 0 aromatic heterocycles. The quantitative estimate of drug-likeness (QED) is 0.380. The molecular formula is C18H26N2O7S. The number of rotatable bonds is 9. The summed E-state index contributed by atoms with van der Waals surface area (Å²) < 4.78 is 29.3. The Morgan fingerprint density at radius 1 is 1.04 bits per heavy atom. The van der Waals surface area contributed by atoms with Crippen LogP contribution in [-0.4, -0.2) is 87.2 Å². The van der Waals surface area contributed by atoms with Crippen LogP contribution in [0.1, 0.15) is 0 Å². The molecule has 156 valence electrons. The first-order valence-electron chi connectivity index (χ1n) is 8.74. The normalized spacial score (nSPS) is 15.0. The second kappa shape index (κ2) is 13.0. The van der Waals surface area contributed by atoms with Crippen LogP contribution in [-0.2, 0) is 24.2 Å². The van der Waals surface area contributed by atoms with Crippen LogP contribution in [0.3, 0.4) is 0 Å². The summed E-state index contributed by atoms with van der Waals surface area (Å²) in [7, 11) is -3.16. The highest BCUT2D eigenvalue weighted by Crippen LogP contribution is 2.09. The molecular weight excluding hydrogens is 388 g/mol. The topological polar surface area (TPSA) is 133 Å². The molecule has 0 amide bonds. The lowest BCUT2D eigenvalue weighted by Gasteiger charge is -2.26. The number of aliphatic carboxylic acids is 2. The standard InChI is InChI=1S/C14H22N2O3S.C4H4O4/c17-20(18,14-4-2-1-3-5-14)13-7-15-6-8-16-9-11-19-12-10-16;5-3(6)1-2-4(7)8/h1-5,15H,6-13H2;1-2H,(H,5,6)(H,7,8). The van der Waals surface area contributed by atoms with E-state index in [9.17, 15) is 18.0 Å². The van der Waals surface area contributed by atoms with Crippen molar-refractivity contribution in [1.82, 2.24) is 10.2 Å². The van der Waals surface area contributed by atoms with Crippen molar-refractivity contribution in [3.63, 3.8) is 0 Å². The molecule has 0 bridgehead atoms. The highest BCUT2D eigenvalue weighted by molar-refractivity contribution is 7.91. The maximum Gasteiger partial charge on any atom is 0.328 e. The van der Waals surface area contributed by atoms with Gasteiger partial charge in [0.1, 0.15) is 0 Å². The Hall–Kier alpha value is -2.27. The molecule has 0 saturated carbocycles. The Bertz CT molecular complexity index is 714. The smallest absolute Gasteiger partial charge is 0.328 e. The van der Waals surface area contributed by atoms with Gasteiger partial charge in [-0.1, -0.05) is 18.2 Å². The summed E-state index contributed by atoms with van der Waals surface area (Å²) in [6.45, 7) is 5.75. The fourth-order valence-electron chi connectivity index (χ4n) is 2.28. The predicted octanol–water partition coefficient (Wildman–Crippen LogP) is 0.0939. The molecule has 0 spiro atoms. The highest BCUT2D eigenvalue weighted by atomic mass is 32.2. The molecule has 1 aliphatic rings. The van der Waals surface area contributed by atoms with Crippen LogP contribution in [0.4, 0.5) is 0 Å². The first-order valence-corrected chi connectivity index (χ1v) is 10.4. The summed E-state index contributed by atoms with van der Waals surface area (Å²) in [4.78, 5) is 21.8. The minimum atomic E-state index is -3.16. The molecule has 1 aliphatic heterocycles. The largest absolute Gasteiger partial charge is 0.478 e. The zero-order chi connectivity index (χ0) is 20.8. The van der Waals surface area contributed by atoms with Crippen molar-refractivity contribution < 1.29 is 33.0 Å². The summed E-state index contributed by atoms with van der Waals surface area (Å²) in [5.74, 6) is -2.38. The number of hydrogen-bond donors (Lipinski definition) is 3. The first kappa shape index (κ1) is 23.8. The van der Waals surface area contributed by atoms with Gasteiger partial charge in [-0.2, -0.15) is 0 Å². The van der Waals surface area contributed by atoms with E-state index in [1.54, 1.807) is 24.3 Å². The number of carboxylic acids is 2. The van der Waals surface area contributed by atoms with Gasteiger partial charge in [-0.05, 0) is 12.1 Å². The number of ether oxygens (including phenoxy) is 1. The van der Waals surface area contributed by atoms with Crippen LogP contribution in [0.2, 0.25) is 0 Å². The van der Waals surface area contributed by atoms with Crippen molar-refractivity contribution in [2.45, 2.75) is 4.90 Å². The van der Waals surface area contributed by atoms with E-state index in [4.69, 9.17) is 14.9 Å². The second-order valence-corrected chi connectivity index (χ2v) is 7.95. The van der Waals surface area contributed by atoms with Gasteiger partial charge in [-0.25, -0.2) is 18.0 Å². The molecule has 1 aromatic carbocycles. The SMILES string of the molecule is O=C(O)C=CC(=O)O.O=S(=O)(CCNCCN1CCOCC1)c1ccccc1. The number of nitrogens with zero attached hydrogens (tertiary/aromatic N) is 1. The van der Waals surface area contributed by atoms with Gasteiger partial charge >= 0.3 is 11.9 Å². The summed E-state index contributed by atoms with van der Waals surface area (Å²) in [5.41, 5.74) is 0. The lowest BCUT2D eigenvalue weighted by atomic mass is 10.4. The Kier molecular flexibility index (Phi) is 11.0. The number of sulfone groups is 1. The van der Waals surface area contributed by atoms with Crippen LogP contribution in [0.15, 0.2) is 47.4 Å². The van der Waals surface area contributed by atoms with E-state index in [0.717, 1.165) is 39.4 Å². The molecule has 28 heavy (non-hydrogen) atoms. The number of carboxylic acid groups (broad SMARTS) is 2. The van der Waals surface area contributed by atoms with Crippen molar-refractivity contribution in [2.75, 3.05) is 51.7 Å². The van der Waals surface area contributed by atoms with Crippen molar-refractivity contribution in [3.05, 3.63) is 42.5 Å². The highest BCUT2D eigenvalue weighted by Gasteiger charge is 2.13. The Morgan fingerprint density at radius 3 is 2.14 bits per heavy atom. The first-order chi connectivity index (χ1) is 13.3. The van der Waals surface area contributed by atoms with Gasteiger partial charge in [0, 0.05) is 44.9 Å². The van der Waals surface area contributed by atoms with E-state index in [-0.39, 0.29) is 5.75 Å². The Balaban J connectivity index is 0.000000416. The molecule has 2 rings (SSSR count). The lowest BCUT2D eigenvalue weighted by Crippen LogP contribution is -2.40. The second-order valence-electron chi connectivity index (χ2n) is 5.85. The average Bonchev–Trinajstić information content (AvgIpc) is 2.68. The molecule has 9 nitrogen and oxygen atoms in total. The van der Waals surface area contributed by atoms with Crippen molar-refractivity contribution in [3.8, 4) is 0 Å². The summed E-state index contributed by atoms with van der Waals surface area (Å²) in [6, 6.07) is 8.60. The van der Waals surface area contributed by atoms with Gasteiger partial charge < -0.3 is 20.3 Å². The molecule has 0 atom stereocenters. The fourth-order valence-corrected chi connectivity index (χ4v) is 3.50. The third-order valence-electron chi connectivity index (χ3n) is 3.73. The van der Waals surface area contributed by atoms with E-state index in [1.807, 2.05) is 6.07 Å². The molecule has 1 saturated heterocycles. The maximum atomic E-state index is 12.0. The molecule has 10 heteroatoms. The van der Waals surface area contributed by atoms with E-state index < -0.39 is 21.8 Å². The molecule has 3 N–H and O–H groups in total. The maximum absolute atomic E-state index is 12.0. The van der Waals surface area contributed by atoms with Gasteiger partial charge in [-0.15, -0.1) is 0 Å². The number of hydrogen-bond acceptors (Lipinski definition) is 7. The number of morpholine rings is 1. The van der Waals surface area contributed by atoms with E-state index in [2.05, 4.69) is 10.2 Å². The number of carbonyl (C=O) groups is 2. The Labute approximate surface area is 164 Å². The fraction of sp³-hybridized carbons (Fsp3) is 0.444. The third kappa shape index (κ3) is 10.8. The van der Waals surface area contributed by atoms with Gasteiger partial charge in [-0.3, -0.25) is 4.90 Å². The monoisotopic (exact) mass is 414 g/mol. The van der Waals surface area contributed by atoms with Gasteiger partial charge in [0.25, 0.3) is 0 Å². The number of benzene rings is 1. The van der Waals surface area contributed by atoms with E-state index >= 15 is 0 Å². The minimum Gasteiger partial charge on any atom is -0.478 e. The van der Waals surface area contributed by atoms with Crippen LogP contribution < -0.4 is 5.32 Å². The summed E-state index contributed by atoms with van der Waals surface area (Å²) in [5, 5.41) is 18.8. The molecule has 1 aromatic rings. The van der Waals surface area contributed by atoms with E-state index in [0.29, 0.717) is 23.6 Å². The molecule has 1 heterocycles. The molecule has 0 aliphatic carbocycles. The molecule has 0 radical (unpaired) electrons. The van der Waals surface area contributed by atoms with Crippen molar-refractivity contribution >= 4 is 21.8 Å². The summed E-state index contributed by atoms with van der Waals surface area (Å²) in [6.07, 6.45) is 1.12. The van der Waals surface area contributed by atoms with Crippen LogP contribution in [0.25, 0.3) is 0 Å². The average molecular weight is 414 g/mol. The lowest BCUT2D eigenvalue weighted by molar-refractivity contribution is -0.134. The molecule has 0 unspecified atom stereocenters. The number of nitrogens with one attached hydrogen (secondary N) is 1. The zero-order valence-electron chi connectivity index (χ0n) is 15.5. The van der Waals surface area contributed by atoms with Gasteiger partial charge in [0.2, 0.25) is 0 Å². The minimum absolute atomic E-state index is 0.139. The predicted molar refractivity (Wildman–Crippen MR) is 103 cm³/mol. The van der Waals surface area contributed by atoms with Gasteiger partial charge in [0.15, 0.2) is 9.84 Å². The molecule has 1 fully saturated rings. The third-order valence-corrected chi connectivity index (χ3v) is 5.46. The van der Waals surface area contributed by atoms with Crippen LogP contribution >= 0.6 is 0 Å². The van der Waals surface area contributed by atoms with Crippen molar-refractivity contribution in [1.29, 1.82) is 0 Å². The van der Waals surface area contributed by atoms with Gasteiger partial charge in [0.05, 0.1) is 23.9 Å². The van der Waals surface area contributed by atoms with Crippen LogP contribution in [0.5, 0.6) is 0 Å². The van der Waals surface area contributed by atoms with Crippen LogP contribution in [0, 0.1) is 0 Å².